The summed E-state index contributed by atoms with van der Waals surface area (Å²) in [5.74, 6) is 0.691. The van der Waals surface area contributed by atoms with Crippen LogP contribution in [-0.4, -0.2) is 36.0 Å². The van der Waals surface area contributed by atoms with E-state index in [4.69, 9.17) is 0 Å². The molecule has 0 bridgehead atoms. The van der Waals surface area contributed by atoms with E-state index in [1.165, 1.54) is 4.88 Å². The number of nitrogens with one attached hydrogen (secondary N) is 1. The molecule has 2 aromatic heterocycles. The molecule has 0 unspecified atom stereocenters. The Morgan fingerprint density at radius 2 is 1.83 bits per heavy atom. The molecule has 1 aromatic carbocycles. The minimum atomic E-state index is -3.51. The fraction of sp³-hybridized carbons (Fsp3) is 0.364. The summed E-state index contributed by atoms with van der Waals surface area (Å²) in [7, 11) is -3.51. The van der Waals surface area contributed by atoms with Gasteiger partial charge in [0, 0.05) is 23.5 Å². The highest BCUT2D eigenvalue weighted by Gasteiger charge is 2.27. The second kappa shape index (κ2) is 9.24. The van der Waals surface area contributed by atoms with Crippen molar-refractivity contribution in [2.24, 2.45) is 0 Å². The summed E-state index contributed by atoms with van der Waals surface area (Å²) in [5.41, 5.74) is 2.17. The van der Waals surface area contributed by atoms with E-state index in [2.05, 4.69) is 21.6 Å². The van der Waals surface area contributed by atoms with Crippen molar-refractivity contribution in [1.82, 2.24) is 14.5 Å². The lowest BCUT2D eigenvalue weighted by Crippen LogP contribution is -2.32. The van der Waals surface area contributed by atoms with Crippen molar-refractivity contribution in [1.29, 1.82) is 0 Å². The molecule has 158 valence electrons. The van der Waals surface area contributed by atoms with Gasteiger partial charge in [-0.2, -0.15) is 4.31 Å². The van der Waals surface area contributed by atoms with E-state index in [0.717, 1.165) is 36.8 Å². The van der Waals surface area contributed by atoms with Gasteiger partial charge in [-0.3, -0.25) is 0 Å². The summed E-state index contributed by atoms with van der Waals surface area (Å²) >= 11 is 1.69. The van der Waals surface area contributed by atoms with Crippen molar-refractivity contribution in [2.75, 3.05) is 18.4 Å². The molecule has 0 spiro atoms. The fourth-order valence-corrected chi connectivity index (χ4v) is 6.04. The van der Waals surface area contributed by atoms with Gasteiger partial charge in [-0.1, -0.05) is 31.0 Å². The van der Waals surface area contributed by atoms with Gasteiger partial charge in [0.05, 0.1) is 17.1 Å². The van der Waals surface area contributed by atoms with Crippen molar-refractivity contribution >= 4 is 27.2 Å². The van der Waals surface area contributed by atoms with Crippen LogP contribution >= 0.6 is 11.3 Å². The predicted octanol–water partition coefficient (Wildman–Crippen LogP) is 4.69. The Bertz CT molecular complexity index is 1070. The van der Waals surface area contributed by atoms with E-state index in [1.807, 2.05) is 42.6 Å². The smallest absolute Gasteiger partial charge is 0.243 e. The normalized spacial score (nSPS) is 15.6. The average Bonchev–Trinajstić information content (AvgIpc) is 3.12. The van der Waals surface area contributed by atoms with Gasteiger partial charge in [-0.25, -0.2) is 8.42 Å². The number of hydrogen-bond donors (Lipinski definition) is 1. The molecular formula is C22H26N4O2S2. The van der Waals surface area contributed by atoms with Crippen LogP contribution in [0.2, 0.25) is 0 Å². The predicted molar refractivity (Wildman–Crippen MR) is 121 cm³/mol. The van der Waals surface area contributed by atoms with Crippen LogP contribution in [0.15, 0.2) is 52.7 Å². The first kappa shape index (κ1) is 21.0. The van der Waals surface area contributed by atoms with Gasteiger partial charge in [-0.15, -0.1) is 21.5 Å². The molecule has 0 aliphatic carbocycles. The number of rotatable bonds is 6. The Morgan fingerprint density at radius 1 is 1.03 bits per heavy atom. The van der Waals surface area contributed by atoms with Crippen LogP contribution in [0.5, 0.6) is 0 Å². The molecule has 0 saturated carbocycles. The molecular weight excluding hydrogens is 416 g/mol. The summed E-state index contributed by atoms with van der Waals surface area (Å²) < 4.78 is 28.2. The van der Waals surface area contributed by atoms with Gasteiger partial charge in [0.15, 0.2) is 0 Å². The molecule has 1 saturated heterocycles. The number of aromatic nitrogens is 2. The average molecular weight is 443 g/mol. The first-order valence-electron chi connectivity index (χ1n) is 10.3. The van der Waals surface area contributed by atoms with Crippen molar-refractivity contribution in [3.8, 4) is 11.3 Å². The Labute approximate surface area is 182 Å². The highest BCUT2D eigenvalue weighted by molar-refractivity contribution is 7.89. The molecule has 0 amide bonds. The van der Waals surface area contributed by atoms with E-state index < -0.39 is 10.0 Å². The molecule has 4 rings (SSSR count). The second-order valence-electron chi connectivity index (χ2n) is 7.54. The van der Waals surface area contributed by atoms with Crippen molar-refractivity contribution in [2.45, 2.75) is 44.0 Å². The number of nitrogens with zero attached hydrogens (tertiary/aromatic N) is 3. The number of thiophene rings is 1. The van der Waals surface area contributed by atoms with Gasteiger partial charge in [0.25, 0.3) is 0 Å². The number of benzene rings is 1. The number of aryl methyl sites for hydroxylation is 1. The zero-order valence-electron chi connectivity index (χ0n) is 17.0. The van der Waals surface area contributed by atoms with Crippen LogP contribution in [0.3, 0.4) is 0 Å². The molecule has 0 radical (unpaired) electrons. The van der Waals surface area contributed by atoms with Crippen LogP contribution in [0.4, 0.5) is 5.82 Å². The maximum absolute atomic E-state index is 13.3. The molecule has 1 aliphatic rings. The highest BCUT2D eigenvalue weighted by Crippen LogP contribution is 2.28. The Kier molecular flexibility index (Phi) is 6.46. The quantitative estimate of drug-likeness (QED) is 0.599. The summed E-state index contributed by atoms with van der Waals surface area (Å²) in [6.45, 7) is 3.74. The molecule has 30 heavy (non-hydrogen) atoms. The molecule has 1 fully saturated rings. The largest absolute Gasteiger partial charge is 0.364 e. The number of hydrogen-bond acceptors (Lipinski definition) is 6. The van der Waals surface area contributed by atoms with Gasteiger partial charge >= 0.3 is 0 Å². The summed E-state index contributed by atoms with van der Waals surface area (Å²) in [4.78, 5) is 1.59. The number of anilines is 1. The maximum atomic E-state index is 13.3. The van der Waals surface area contributed by atoms with E-state index in [0.29, 0.717) is 36.0 Å². The monoisotopic (exact) mass is 442 g/mol. The van der Waals surface area contributed by atoms with E-state index in [-0.39, 0.29) is 0 Å². The third kappa shape index (κ3) is 4.71. The van der Waals surface area contributed by atoms with Crippen LogP contribution < -0.4 is 5.32 Å². The van der Waals surface area contributed by atoms with Crippen molar-refractivity contribution < 1.29 is 8.42 Å². The standard InChI is InChI=1S/C22H26N4O2S2/c1-17-8-9-18(15-21(17)30(27,28)26-12-4-2-3-5-13-26)20-10-11-22(25-24-20)23-16-19-7-6-14-29-19/h6-11,14-15H,2-5,12-13,16H2,1H3,(H,23,25). The molecule has 1 N–H and O–H groups in total. The molecule has 3 heterocycles. The van der Waals surface area contributed by atoms with Gasteiger partial charge in [-0.05, 0) is 55.0 Å². The minimum Gasteiger partial charge on any atom is -0.364 e. The SMILES string of the molecule is Cc1ccc(-c2ccc(NCc3cccs3)nn2)cc1S(=O)(=O)N1CCCCCC1. The topological polar surface area (TPSA) is 75.2 Å². The Hall–Kier alpha value is -2.29. The summed E-state index contributed by atoms with van der Waals surface area (Å²) in [6.07, 6.45) is 4.02. The molecule has 3 aromatic rings. The van der Waals surface area contributed by atoms with Crippen molar-refractivity contribution in [3.05, 3.63) is 58.3 Å². The highest BCUT2D eigenvalue weighted by atomic mass is 32.2. The summed E-state index contributed by atoms with van der Waals surface area (Å²) in [5, 5.41) is 13.9. The molecule has 0 atom stereocenters. The first-order valence-corrected chi connectivity index (χ1v) is 12.6. The maximum Gasteiger partial charge on any atom is 0.243 e. The fourth-order valence-electron chi connectivity index (χ4n) is 3.63. The van der Waals surface area contributed by atoms with Crippen LogP contribution in [0, 0.1) is 6.92 Å². The van der Waals surface area contributed by atoms with Crippen LogP contribution in [0.1, 0.15) is 36.1 Å². The van der Waals surface area contributed by atoms with Crippen molar-refractivity contribution in [3.63, 3.8) is 0 Å². The third-order valence-corrected chi connectivity index (χ3v) is 8.27. The lowest BCUT2D eigenvalue weighted by atomic mass is 10.1. The number of sulfonamides is 1. The third-order valence-electron chi connectivity index (χ3n) is 5.36. The lowest BCUT2D eigenvalue weighted by molar-refractivity contribution is 0.423. The molecule has 6 nitrogen and oxygen atoms in total. The van der Waals surface area contributed by atoms with Crippen LogP contribution in [0.25, 0.3) is 11.3 Å². The lowest BCUT2D eigenvalue weighted by Gasteiger charge is -2.21. The Balaban J connectivity index is 1.55. The van der Waals surface area contributed by atoms with E-state index in [1.54, 1.807) is 21.7 Å². The zero-order chi connectivity index (χ0) is 21.0. The van der Waals surface area contributed by atoms with Crippen LogP contribution in [-0.2, 0) is 16.6 Å². The second-order valence-corrected chi connectivity index (χ2v) is 10.5. The minimum absolute atomic E-state index is 0.364. The Morgan fingerprint density at radius 3 is 2.50 bits per heavy atom. The zero-order valence-corrected chi connectivity index (χ0v) is 18.7. The first-order chi connectivity index (χ1) is 14.5. The van der Waals surface area contributed by atoms with Gasteiger partial charge in [0.1, 0.15) is 5.82 Å². The van der Waals surface area contributed by atoms with E-state index >= 15 is 0 Å². The summed E-state index contributed by atoms with van der Waals surface area (Å²) in [6, 6.07) is 13.3. The van der Waals surface area contributed by atoms with E-state index in [9.17, 15) is 8.42 Å². The molecule has 1 aliphatic heterocycles. The van der Waals surface area contributed by atoms with Gasteiger partial charge < -0.3 is 5.32 Å². The van der Waals surface area contributed by atoms with Gasteiger partial charge in [0.2, 0.25) is 10.0 Å². The molecule has 8 heteroatoms.